The summed E-state index contributed by atoms with van der Waals surface area (Å²) >= 11 is 0. The molecule has 0 amide bonds. The molecule has 0 spiro atoms. The minimum atomic E-state index is 0.841. The maximum Gasteiger partial charge on any atom is 0.104 e. The second kappa shape index (κ2) is 12.2. The van der Waals surface area contributed by atoms with Crippen LogP contribution in [0.25, 0.3) is 11.0 Å². The molecule has 1 heterocycles. The van der Waals surface area contributed by atoms with E-state index in [1.165, 1.54) is 0 Å². The van der Waals surface area contributed by atoms with Crippen molar-refractivity contribution < 1.29 is 0 Å². The monoisotopic (exact) mass is 297 g/mol. The summed E-state index contributed by atoms with van der Waals surface area (Å²) in [6.45, 7) is 15.1. The number of aromatic nitrogens is 2. The molecule has 3 heteroatoms. The molecule has 2 N–H and O–H groups in total. The van der Waals surface area contributed by atoms with E-state index in [4.69, 9.17) is 0 Å². The van der Waals surface area contributed by atoms with Gasteiger partial charge in [-0.15, -0.1) is 0 Å². The first-order chi connectivity index (χ1) is 10.7. The van der Waals surface area contributed by atoms with E-state index in [-0.39, 0.29) is 0 Å². The molecular formula is C19H27N3. The van der Waals surface area contributed by atoms with Crippen molar-refractivity contribution in [2.24, 2.45) is 0 Å². The van der Waals surface area contributed by atoms with E-state index in [1.807, 2.05) is 76.3 Å². The van der Waals surface area contributed by atoms with E-state index < -0.39 is 0 Å². The third-order valence-electron chi connectivity index (χ3n) is 2.40. The lowest BCUT2D eigenvalue weighted by Gasteiger charge is -1.94. The molecule has 118 valence electrons. The number of para-hydroxylation sites is 2. The summed E-state index contributed by atoms with van der Waals surface area (Å²) in [5.41, 5.74) is 2.99. The highest BCUT2D eigenvalue weighted by atomic mass is 14.9. The van der Waals surface area contributed by atoms with Crippen molar-refractivity contribution in [2.75, 3.05) is 0 Å². The van der Waals surface area contributed by atoms with Gasteiger partial charge in [-0.25, -0.2) is 4.98 Å². The van der Waals surface area contributed by atoms with Crippen LogP contribution in [-0.2, 0) is 0 Å². The summed E-state index contributed by atoms with van der Waals surface area (Å²) < 4.78 is 0. The van der Waals surface area contributed by atoms with Gasteiger partial charge in [0.05, 0.1) is 11.0 Å². The van der Waals surface area contributed by atoms with Crippen molar-refractivity contribution in [2.45, 2.75) is 27.7 Å². The third kappa shape index (κ3) is 7.90. The molecule has 0 aliphatic rings. The standard InChI is InChI=1S/C9H13N.C8H8N2.C2H6/c1-4-6-7-8-9(3)10-5-2;1-6-9-7-4-2-3-5-8(7)10-6;1-2/h4-8,10H,2-3H2,1H3;2-5H,1H3,(H,9,10);1-2H3/b6-4-,8-7-;;. The first-order valence-corrected chi connectivity index (χ1v) is 7.44. The molecule has 0 radical (unpaired) electrons. The summed E-state index contributed by atoms with van der Waals surface area (Å²) in [7, 11) is 0. The van der Waals surface area contributed by atoms with Gasteiger partial charge in [0, 0.05) is 5.70 Å². The van der Waals surface area contributed by atoms with Gasteiger partial charge in [0.2, 0.25) is 0 Å². The number of benzene rings is 1. The smallest absolute Gasteiger partial charge is 0.104 e. The average molecular weight is 297 g/mol. The minimum absolute atomic E-state index is 0.841. The van der Waals surface area contributed by atoms with Gasteiger partial charge < -0.3 is 10.3 Å². The number of nitrogens with zero attached hydrogens (tertiary/aromatic N) is 1. The Labute approximate surface area is 134 Å². The summed E-state index contributed by atoms with van der Waals surface area (Å²) in [5.74, 6) is 0.973. The Hall–Kier alpha value is -2.55. The third-order valence-corrected chi connectivity index (χ3v) is 2.40. The number of hydrogen-bond acceptors (Lipinski definition) is 2. The van der Waals surface area contributed by atoms with Gasteiger partial charge in [-0.2, -0.15) is 0 Å². The number of H-pyrrole nitrogens is 1. The van der Waals surface area contributed by atoms with Crippen LogP contribution in [0, 0.1) is 6.92 Å². The van der Waals surface area contributed by atoms with Gasteiger partial charge in [0.25, 0.3) is 0 Å². The predicted octanol–water partition coefficient (Wildman–Crippen LogP) is 5.26. The van der Waals surface area contributed by atoms with E-state index >= 15 is 0 Å². The Morgan fingerprint density at radius 2 is 1.91 bits per heavy atom. The lowest BCUT2D eigenvalue weighted by atomic mass is 10.3. The molecule has 0 unspecified atom stereocenters. The molecule has 2 aromatic rings. The van der Waals surface area contributed by atoms with Crippen LogP contribution >= 0.6 is 0 Å². The van der Waals surface area contributed by atoms with E-state index in [0.29, 0.717) is 0 Å². The molecule has 2 rings (SSSR count). The molecular weight excluding hydrogens is 270 g/mol. The summed E-state index contributed by atoms with van der Waals surface area (Å²) in [6, 6.07) is 8.01. The van der Waals surface area contributed by atoms with E-state index in [2.05, 4.69) is 28.4 Å². The van der Waals surface area contributed by atoms with E-state index in [0.717, 1.165) is 22.6 Å². The number of allylic oxidation sites excluding steroid dienone is 4. The lowest BCUT2D eigenvalue weighted by Crippen LogP contribution is -1.98. The SMILES string of the molecule is C=CNC(=C)/C=C\C=C/C.CC.Cc1nc2ccccc2[nH]1. The number of aromatic amines is 1. The second-order valence-electron chi connectivity index (χ2n) is 4.10. The van der Waals surface area contributed by atoms with Crippen molar-refractivity contribution in [1.82, 2.24) is 15.3 Å². The fourth-order valence-corrected chi connectivity index (χ4v) is 1.54. The molecule has 3 nitrogen and oxygen atoms in total. The Balaban J connectivity index is 0.000000360. The normalized spacial score (nSPS) is 9.82. The Morgan fingerprint density at radius 1 is 1.23 bits per heavy atom. The molecule has 0 fully saturated rings. The molecule has 0 saturated carbocycles. The minimum Gasteiger partial charge on any atom is -0.363 e. The molecule has 0 saturated heterocycles. The van der Waals surface area contributed by atoms with Crippen molar-refractivity contribution in [3.05, 3.63) is 79.4 Å². The van der Waals surface area contributed by atoms with E-state index in [9.17, 15) is 0 Å². The van der Waals surface area contributed by atoms with Gasteiger partial charge in [0.1, 0.15) is 5.82 Å². The molecule has 0 bridgehead atoms. The zero-order chi connectivity index (χ0) is 16.8. The molecule has 1 aromatic carbocycles. The highest BCUT2D eigenvalue weighted by Gasteiger charge is 1.93. The fraction of sp³-hybridized carbons (Fsp3) is 0.211. The molecule has 22 heavy (non-hydrogen) atoms. The van der Waals surface area contributed by atoms with Crippen LogP contribution in [-0.4, -0.2) is 9.97 Å². The number of rotatable bonds is 4. The van der Waals surface area contributed by atoms with Crippen LogP contribution in [0.15, 0.2) is 73.6 Å². The van der Waals surface area contributed by atoms with Gasteiger partial charge in [0.15, 0.2) is 0 Å². The first kappa shape index (κ1) is 19.4. The maximum absolute atomic E-state index is 4.26. The lowest BCUT2D eigenvalue weighted by molar-refractivity contribution is 1.13. The van der Waals surface area contributed by atoms with Crippen LogP contribution < -0.4 is 5.32 Å². The zero-order valence-electron chi connectivity index (χ0n) is 14.1. The second-order valence-corrected chi connectivity index (χ2v) is 4.10. The Kier molecular flexibility index (Phi) is 10.8. The predicted molar refractivity (Wildman–Crippen MR) is 98.6 cm³/mol. The topological polar surface area (TPSA) is 40.7 Å². The average Bonchev–Trinajstić information content (AvgIpc) is 2.90. The van der Waals surface area contributed by atoms with Crippen LogP contribution in [0.2, 0.25) is 0 Å². The number of hydrogen-bond donors (Lipinski definition) is 2. The first-order valence-electron chi connectivity index (χ1n) is 7.44. The number of nitrogens with one attached hydrogen (secondary N) is 2. The van der Waals surface area contributed by atoms with Gasteiger partial charge in [-0.1, -0.05) is 57.4 Å². The zero-order valence-corrected chi connectivity index (χ0v) is 14.1. The fourth-order valence-electron chi connectivity index (χ4n) is 1.54. The van der Waals surface area contributed by atoms with Gasteiger partial charge >= 0.3 is 0 Å². The van der Waals surface area contributed by atoms with Crippen LogP contribution in [0.5, 0.6) is 0 Å². The summed E-state index contributed by atoms with van der Waals surface area (Å²) in [4.78, 5) is 7.40. The summed E-state index contributed by atoms with van der Waals surface area (Å²) in [6.07, 6.45) is 9.29. The van der Waals surface area contributed by atoms with Crippen LogP contribution in [0.1, 0.15) is 26.6 Å². The molecule has 0 aliphatic carbocycles. The Morgan fingerprint density at radius 3 is 2.50 bits per heavy atom. The highest BCUT2D eigenvalue weighted by molar-refractivity contribution is 5.74. The van der Waals surface area contributed by atoms with Crippen LogP contribution in [0.3, 0.4) is 0 Å². The maximum atomic E-state index is 4.26. The van der Waals surface area contributed by atoms with Gasteiger partial charge in [-0.3, -0.25) is 0 Å². The number of aryl methyl sites for hydroxylation is 1. The molecule has 1 aromatic heterocycles. The number of fused-ring (bicyclic) bond motifs is 1. The number of imidazole rings is 1. The van der Waals surface area contributed by atoms with Gasteiger partial charge in [-0.05, 0) is 38.3 Å². The Bertz CT molecular complexity index is 585. The van der Waals surface area contributed by atoms with Crippen LogP contribution in [0.4, 0.5) is 0 Å². The molecule has 0 atom stereocenters. The highest BCUT2D eigenvalue weighted by Crippen LogP contribution is 2.08. The summed E-state index contributed by atoms with van der Waals surface area (Å²) in [5, 5.41) is 2.85. The molecule has 0 aliphatic heterocycles. The van der Waals surface area contributed by atoms with Crippen molar-refractivity contribution in [1.29, 1.82) is 0 Å². The van der Waals surface area contributed by atoms with Crippen molar-refractivity contribution in [3.63, 3.8) is 0 Å². The quantitative estimate of drug-likeness (QED) is 0.755. The van der Waals surface area contributed by atoms with Crippen molar-refractivity contribution in [3.8, 4) is 0 Å². The van der Waals surface area contributed by atoms with E-state index in [1.54, 1.807) is 6.20 Å². The van der Waals surface area contributed by atoms with Crippen molar-refractivity contribution >= 4 is 11.0 Å². The largest absolute Gasteiger partial charge is 0.363 e.